The molecule has 1 heterocycles. The number of anilines is 1. The zero-order valence-electron chi connectivity index (χ0n) is 14.8. The minimum Gasteiger partial charge on any atom is -0.382 e. The van der Waals surface area contributed by atoms with Gasteiger partial charge in [0.1, 0.15) is 0 Å². The molecule has 25 heavy (non-hydrogen) atoms. The normalized spacial score (nSPS) is 15.7. The molecular weight excluding hydrogens is 320 g/mol. The molecule has 0 aliphatic heterocycles. The van der Waals surface area contributed by atoms with Crippen molar-refractivity contribution in [2.45, 2.75) is 44.7 Å². The molecule has 8 nitrogen and oxygen atoms in total. The smallest absolute Gasteiger partial charge is 0.319 e. The molecule has 0 saturated heterocycles. The summed E-state index contributed by atoms with van der Waals surface area (Å²) < 4.78 is 6.99. The van der Waals surface area contributed by atoms with Crippen molar-refractivity contribution in [3.8, 4) is 11.4 Å². The average molecular weight is 344 g/mol. The van der Waals surface area contributed by atoms with Crippen LogP contribution in [0.5, 0.6) is 0 Å². The molecule has 0 unspecified atom stereocenters. The Kier molecular flexibility index (Phi) is 4.98. The van der Waals surface area contributed by atoms with Gasteiger partial charge in [0.15, 0.2) is 5.82 Å². The van der Waals surface area contributed by atoms with Crippen LogP contribution >= 0.6 is 0 Å². The van der Waals surface area contributed by atoms with E-state index in [9.17, 15) is 4.79 Å². The summed E-state index contributed by atoms with van der Waals surface area (Å²) in [5, 5.41) is 17.9. The lowest BCUT2D eigenvalue weighted by Crippen LogP contribution is -2.57. The van der Waals surface area contributed by atoms with Gasteiger partial charge in [0.2, 0.25) is 0 Å². The molecule has 1 aliphatic carbocycles. The molecular formula is C17H24N6O2. The molecule has 2 aromatic rings. The van der Waals surface area contributed by atoms with Crippen LogP contribution in [0.4, 0.5) is 10.5 Å². The van der Waals surface area contributed by atoms with Crippen molar-refractivity contribution in [3.05, 3.63) is 24.3 Å². The molecule has 1 aliphatic rings. The van der Waals surface area contributed by atoms with Gasteiger partial charge in [-0.3, -0.25) is 0 Å². The first kappa shape index (κ1) is 17.3. The van der Waals surface area contributed by atoms with Crippen LogP contribution < -0.4 is 10.6 Å². The zero-order chi connectivity index (χ0) is 17.9. The molecule has 0 atom stereocenters. The third-order valence-electron chi connectivity index (χ3n) is 4.51. The summed E-state index contributed by atoms with van der Waals surface area (Å²) >= 11 is 0. The highest BCUT2D eigenvalue weighted by atomic mass is 16.5. The van der Waals surface area contributed by atoms with Crippen LogP contribution in [0.15, 0.2) is 24.3 Å². The molecule has 134 valence electrons. The van der Waals surface area contributed by atoms with Gasteiger partial charge in [-0.2, -0.15) is 0 Å². The van der Waals surface area contributed by atoms with Crippen LogP contribution in [0.3, 0.4) is 0 Å². The van der Waals surface area contributed by atoms with E-state index in [1.54, 1.807) is 11.8 Å². The van der Waals surface area contributed by atoms with Gasteiger partial charge in [0.05, 0.1) is 23.9 Å². The highest BCUT2D eigenvalue weighted by Crippen LogP contribution is 2.32. The van der Waals surface area contributed by atoms with Crippen LogP contribution in [0.25, 0.3) is 11.4 Å². The quantitative estimate of drug-likeness (QED) is 0.840. The van der Waals surface area contributed by atoms with Crippen molar-refractivity contribution in [3.63, 3.8) is 0 Å². The number of methoxy groups -OCH3 is 1. The highest BCUT2D eigenvalue weighted by molar-refractivity contribution is 5.94. The molecule has 0 spiro atoms. The number of benzene rings is 1. The largest absolute Gasteiger partial charge is 0.382 e. The van der Waals surface area contributed by atoms with Crippen LogP contribution in [-0.4, -0.2) is 45.5 Å². The fourth-order valence-corrected chi connectivity index (χ4v) is 3.09. The second-order valence-electron chi connectivity index (χ2n) is 6.73. The Bertz CT molecular complexity index is 738. The Labute approximate surface area is 146 Å². The van der Waals surface area contributed by atoms with E-state index in [4.69, 9.17) is 4.74 Å². The molecule has 2 amide bonds. The lowest BCUT2D eigenvalue weighted by Gasteiger charge is -2.41. The van der Waals surface area contributed by atoms with Gasteiger partial charge in [-0.15, -0.1) is 5.10 Å². The lowest BCUT2D eigenvalue weighted by atomic mass is 9.77. The number of aromatic nitrogens is 4. The number of nitrogens with one attached hydrogen (secondary N) is 2. The van der Waals surface area contributed by atoms with E-state index < -0.39 is 0 Å². The summed E-state index contributed by atoms with van der Waals surface area (Å²) in [7, 11) is 1.65. The summed E-state index contributed by atoms with van der Waals surface area (Å²) in [5.41, 5.74) is 1.20. The Hall–Kier alpha value is -2.48. The fourth-order valence-electron chi connectivity index (χ4n) is 3.09. The van der Waals surface area contributed by atoms with Crippen molar-refractivity contribution in [1.29, 1.82) is 0 Å². The number of para-hydroxylation sites is 1. The molecule has 3 rings (SSSR count). The van der Waals surface area contributed by atoms with Crippen molar-refractivity contribution in [1.82, 2.24) is 25.5 Å². The van der Waals surface area contributed by atoms with Gasteiger partial charge in [0.25, 0.3) is 0 Å². The predicted octanol–water partition coefficient (Wildman–Crippen LogP) is 2.61. The number of nitrogens with zero attached hydrogens (tertiary/aromatic N) is 4. The lowest BCUT2D eigenvalue weighted by molar-refractivity contribution is 0.0648. The standard InChI is InChI=1S/C17H24N6O2/c1-12(2)23-15(20-21-22-23)13-7-4-5-8-14(13)18-16(24)19-17(11-25-3)9-6-10-17/h4-5,7-8,12H,6,9-11H2,1-3H3,(H2,18,19,24). The predicted molar refractivity (Wildman–Crippen MR) is 94.3 cm³/mol. The summed E-state index contributed by atoms with van der Waals surface area (Å²) in [4.78, 5) is 12.5. The number of urea groups is 1. The first-order valence-electron chi connectivity index (χ1n) is 8.50. The second kappa shape index (κ2) is 7.18. The third-order valence-corrected chi connectivity index (χ3v) is 4.51. The van der Waals surface area contributed by atoms with Crippen LogP contribution in [0, 0.1) is 0 Å². The average Bonchev–Trinajstić information content (AvgIpc) is 3.03. The van der Waals surface area contributed by atoms with Crippen LogP contribution in [0.1, 0.15) is 39.2 Å². The van der Waals surface area contributed by atoms with E-state index in [1.165, 1.54) is 0 Å². The number of hydrogen-bond donors (Lipinski definition) is 2. The number of carbonyl (C=O) groups excluding carboxylic acids is 1. The van der Waals surface area contributed by atoms with Crippen molar-refractivity contribution in [2.24, 2.45) is 0 Å². The molecule has 0 radical (unpaired) electrons. The minimum atomic E-state index is -0.257. The summed E-state index contributed by atoms with van der Waals surface area (Å²) in [6, 6.07) is 7.39. The Morgan fingerprint density at radius 3 is 2.76 bits per heavy atom. The molecule has 8 heteroatoms. The monoisotopic (exact) mass is 344 g/mol. The Balaban J connectivity index is 1.79. The highest BCUT2D eigenvalue weighted by Gasteiger charge is 2.38. The van der Waals surface area contributed by atoms with Gasteiger partial charge >= 0.3 is 6.03 Å². The van der Waals surface area contributed by atoms with Gasteiger partial charge in [-0.05, 0) is 55.7 Å². The summed E-state index contributed by atoms with van der Waals surface area (Å²) in [6.45, 7) is 4.54. The number of carbonyl (C=O) groups is 1. The van der Waals surface area contributed by atoms with Gasteiger partial charge in [-0.1, -0.05) is 12.1 Å². The Morgan fingerprint density at radius 1 is 1.36 bits per heavy atom. The van der Waals surface area contributed by atoms with E-state index >= 15 is 0 Å². The van der Waals surface area contributed by atoms with E-state index in [0.29, 0.717) is 18.1 Å². The van der Waals surface area contributed by atoms with Crippen LogP contribution in [-0.2, 0) is 4.74 Å². The van der Waals surface area contributed by atoms with Crippen LogP contribution in [0.2, 0.25) is 0 Å². The number of tetrazole rings is 1. The van der Waals surface area contributed by atoms with E-state index in [1.807, 2.05) is 38.1 Å². The molecule has 1 fully saturated rings. The number of ether oxygens (including phenoxy) is 1. The molecule has 0 bridgehead atoms. The van der Waals surface area contributed by atoms with Crippen molar-refractivity contribution < 1.29 is 9.53 Å². The topological polar surface area (TPSA) is 94.0 Å². The number of rotatable bonds is 6. The maximum Gasteiger partial charge on any atom is 0.319 e. The van der Waals surface area contributed by atoms with E-state index in [0.717, 1.165) is 24.8 Å². The Morgan fingerprint density at radius 2 is 2.12 bits per heavy atom. The number of hydrogen-bond acceptors (Lipinski definition) is 5. The molecule has 1 aromatic carbocycles. The zero-order valence-corrected chi connectivity index (χ0v) is 14.8. The molecule has 1 aromatic heterocycles. The minimum absolute atomic E-state index is 0.117. The molecule has 2 N–H and O–H groups in total. The van der Waals surface area contributed by atoms with Gasteiger partial charge in [-0.25, -0.2) is 9.48 Å². The number of amides is 2. The van der Waals surface area contributed by atoms with Crippen molar-refractivity contribution in [2.75, 3.05) is 19.0 Å². The summed E-state index contributed by atoms with van der Waals surface area (Å²) in [6.07, 6.45) is 2.96. The van der Waals surface area contributed by atoms with Crippen molar-refractivity contribution >= 4 is 11.7 Å². The van der Waals surface area contributed by atoms with Gasteiger partial charge < -0.3 is 15.4 Å². The van der Waals surface area contributed by atoms with E-state index in [-0.39, 0.29) is 17.6 Å². The SMILES string of the molecule is COCC1(NC(=O)Nc2ccccc2-c2nnnn2C(C)C)CCC1. The third kappa shape index (κ3) is 3.63. The second-order valence-corrected chi connectivity index (χ2v) is 6.73. The first-order chi connectivity index (χ1) is 12.0. The maximum atomic E-state index is 12.5. The van der Waals surface area contributed by atoms with E-state index in [2.05, 4.69) is 26.2 Å². The molecule has 1 saturated carbocycles. The summed E-state index contributed by atoms with van der Waals surface area (Å²) in [5.74, 6) is 0.626. The first-order valence-corrected chi connectivity index (χ1v) is 8.50. The maximum absolute atomic E-state index is 12.5. The fraction of sp³-hybridized carbons (Fsp3) is 0.529. The van der Waals surface area contributed by atoms with Gasteiger partial charge in [0, 0.05) is 12.7 Å².